The van der Waals surface area contributed by atoms with Crippen molar-refractivity contribution in [1.82, 2.24) is 0 Å². The Morgan fingerprint density at radius 2 is 1.95 bits per heavy atom. The standard InChI is InChI=1S/C14H9NO5/c16-12-6-5-8(7-11(12)15(18)19)13-9-3-1-2-4-10(9)14(17)20-13/h1-7,13,16H. The highest BCUT2D eigenvalue weighted by Crippen LogP contribution is 2.38. The van der Waals surface area contributed by atoms with E-state index in [0.29, 0.717) is 16.7 Å². The van der Waals surface area contributed by atoms with Gasteiger partial charge in [0.05, 0.1) is 10.5 Å². The fourth-order valence-electron chi connectivity index (χ4n) is 2.24. The number of rotatable bonds is 2. The Bertz CT molecular complexity index is 725. The van der Waals surface area contributed by atoms with E-state index in [4.69, 9.17) is 4.74 Å². The first-order chi connectivity index (χ1) is 9.58. The van der Waals surface area contributed by atoms with Crippen LogP contribution in [0.5, 0.6) is 5.75 Å². The van der Waals surface area contributed by atoms with E-state index >= 15 is 0 Å². The maximum Gasteiger partial charge on any atom is 0.339 e. The van der Waals surface area contributed by atoms with E-state index in [9.17, 15) is 20.0 Å². The second-order valence-electron chi connectivity index (χ2n) is 4.38. The molecule has 6 nitrogen and oxygen atoms in total. The number of esters is 1. The lowest BCUT2D eigenvalue weighted by molar-refractivity contribution is -0.386. The summed E-state index contributed by atoms with van der Waals surface area (Å²) in [7, 11) is 0. The molecule has 1 aliphatic rings. The molecule has 2 aromatic carbocycles. The number of phenolic OH excluding ortho intramolecular Hbond substituents is 1. The van der Waals surface area contributed by atoms with E-state index in [0.717, 1.165) is 0 Å². The van der Waals surface area contributed by atoms with Crippen LogP contribution in [-0.4, -0.2) is 16.0 Å². The van der Waals surface area contributed by atoms with Crippen molar-refractivity contribution in [3.63, 3.8) is 0 Å². The quantitative estimate of drug-likeness (QED) is 0.515. The third-order valence-corrected chi connectivity index (χ3v) is 3.19. The van der Waals surface area contributed by atoms with Gasteiger partial charge >= 0.3 is 11.7 Å². The number of hydrogen-bond acceptors (Lipinski definition) is 5. The normalized spacial score (nSPS) is 16.6. The van der Waals surface area contributed by atoms with Crippen LogP contribution in [0.15, 0.2) is 42.5 Å². The fraction of sp³-hybridized carbons (Fsp3) is 0.0714. The minimum atomic E-state index is -0.682. The lowest BCUT2D eigenvalue weighted by Gasteiger charge is -2.11. The van der Waals surface area contributed by atoms with Gasteiger partial charge in [0, 0.05) is 17.2 Å². The Labute approximate surface area is 113 Å². The van der Waals surface area contributed by atoms with Crippen LogP contribution in [0, 0.1) is 10.1 Å². The van der Waals surface area contributed by atoms with Crippen LogP contribution in [0.4, 0.5) is 5.69 Å². The van der Waals surface area contributed by atoms with Crippen LogP contribution in [0.1, 0.15) is 27.6 Å². The molecule has 1 aliphatic heterocycles. The molecule has 3 rings (SSSR count). The molecule has 0 fully saturated rings. The fourth-order valence-corrected chi connectivity index (χ4v) is 2.24. The van der Waals surface area contributed by atoms with Crippen LogP contribution >= 0.6 is 0 Å². The summed E-state index contributed by atoms with van der Waals surface area (Å²) < 4.78 is 5.25. The van der Waals surface area contributed by atoms with Crippen LogP contribution in [-0.2, 0) is 4.74 Å². The number of nitrogens with zero attached hydrogens (tertiary/aromatic N) is 1. The molecule has 100 valence electrons. The lowest BCUT2D eigenvalue weighted by atomic mass is 9.99. The lowest BCUT2D eigenvalue weighted by Crippen LogP contribution is -2.01. The number of hydrogen-bond donors (Lipinski definition) is 1. The number of cyclic esters (lactones) is 1. The van der Waals surface area contributed by atoms with E-state index < -0.39 is 28.4 Å². The average molecular weight is 271 g/mol. The van der Waals surface area contributed by atoms with Gasteiger partial charge in [0.25, 0.3) is 0 Å². The zero-order valence-corrected chi connectivity index (χ0v) is 10.1. The van der Waals surface area contributed by atoms with Crippen LogP contribution in [0.2, 0.25) is 0 Å². The van der Waals surface area contributed by atoms with Gasteiger partial charge in [0.1, 0.15) is 0 Å². The predicted octanol–water partition coefficient (Wildman–Crippen LogP) is 2.56. The van der Waals surface area contributed by atoms with Crippen molar-refractivity contribution in [1.29, 1.82) is 0 Å². The Balaban J connectivity index is 2.10. The third-order valence-electron chi connectivity index (χ3n) is 3.19. The van der Waals surface area contributed by atoms with Crippen molar-refractivity contribution in [3.8, 4) is 5.75 Å². The Kier molecular flexibility index (Phi) is 2.64. The molecule has 1 N–H and O–H groups in total. The zero-order chi connectivity index (χ0) is 14.3. The van der Waals surface area contributed by atoms with Gasteiger partial charge in [0.2, 0.25) is 0 Å². The number of aromatic hydroxyl groups is 1. The number of carbonyl (C=O) groups excluding carboxylic acids is 1. The number of ether oxygens (including phenoxy) is 1. The molecule has 1 unspecified atom stereocenters. The average Bonchev–Trinajstić information content (AvgIpc) is 2.77. The maximum absolute atomic E-state index is 11.7. The van der Waals surface area contributed by atoms with Gasteiger partial charge in [-0.05, 0) is 12.1 Å². The van der Waals surface area contributed by atoms with E-state index in [1.54, 1.807) is 24.3 Å². The van der Waals surface area contributed by atoms with Gasteiger partial charge in [-0.2, -0.15) is 0 Å². The van der Waals surface area contributed by atoms with Crippen molar-refractivity contribution in [2.24, 2.45) is 0 Å². The highest BCUT2D eigenvalue weighted by molar-refractivity contribution is 5.94. The van der Waals surface area contributed by atoms with E-state index in [2.05, 4.69) is 0 Å². The number of phenols is 1. The molecule has 20 heavy (non-hydrogen) atoms. The molecule has 1 heterocycles. The van der Waals surface area contributed by atoms with Gasteiger partial charge < -0.3 is 9.84 Å². The number of benzene rings is 2. The van der Waals surface area contributed by atoms with Crippen LogP contribution in [0.3, 0.4) is 0 Å². The minimum absolute atomic E-state index is 0.414. The summed E-state index contributed by atoms with van der Waals surface area (Å²) in [5, 5.41) is 20.3. The molecule has 0 saturated heterocycles. The van der Waals surface area contributed by atoms with Crippen molar-refractivity contribution >= 4 is 11.7 Å². The first kappa shape index (κ1) is 12.2. The molecule has 0 amide bonds. The second-order valence-corrected chi connectivity index (χ2v) is 4.38. The zero-order valence-electron chi connectivity index (χ0n) is 10.1. The molecule has 0 saturated carbocycles. The summed E-state index contributed by atoms with van der Waals surface area (Å²) in [5.41, 5.74) is 1.15. The summed E-state index contributed by atoms with van der Waals surface area (Å²) in [6, 6.07) is 10.8. The van der Waals surface area contributed by atoms with Gasteiger partial charge in [0.15, 0.2) is 11.9 Å². The summed E-state index contributed by atoms with van der Waals surface area (Å²) in [5.74, 6) is -0.877. The van der Waals surface area contributed by atoms with E-state index in [1.807, 2.05) is 0 Å². The van der Waals surface area contributed by atoms with Gasteiger partial charge in [-0.3, -0.25) is 10.1 Å². The summed E-state index contributed by atoms with van der Waals surface area (Å²) >= 11 is 0. The Morgan fingerprint density at radius 3 is 2.70 bits per heavy atom. The summed E-state index contributed by atoms with van der Waals surface area (Å²) in [4.78, 5) is 21.9. The number of nitro groups is 1. The molecular weight excluding hydrogens is 262 g/mol. The number of fused-ring (bicyclic) bond motifs is 1. The van der Waals surface area contributed by atoms with Gasteiger partial charge in [-0.25, -0.2) is 4.79 Å². The van der Waals surface area contributed by atoms with Crippen molar-refractivity contribution < 1.29 is 19.6 Å². The third kappa shape index (κ3) is 1.78. The van der Waals surface area contributed by atoms with Gasteiger partial charge in [-0.1, -0.05) is 24.3 Å². The van der Waals surface area contributed by atoms with Gasteiger partial charge in [-0.15, -0.1) is 0 Å². The van der Waals surface area contributed by atoms with Crippen LogP contribution in [0.25, 0.3) is 0 Å². The molecule has 0 bridgehead atoms. The summed E-state index contributed by atoms with van der Waals surface area (Å²) in [6.07, 6.45) is -0.682. The monoisotopic (exact) mass is 271 g/mol. The largest absolute Gasteiger partial charge is 0.502 e. The molecular formula is C14H9NO5. The maximum atomic E-state index is 11.7. The molecule has 0 spiro atoms. The molecule has 0 aliphatic carbocycles. The molecule has 2 aromatic rings. The van der Waals surface area contributed by atoms with Crippen LogP contribution < -0.4 is 0 Å². The molecule has 0 aromatic heterocycles. The SMILES string of the molecule is O=C1OC(c2ccc(O)c([N+](=O)[O-])c2)c2ccccc21. The smallest absolute Gasteiger partial charge is 0.339 e. The predicted molar refractivity (Wildman–Crippen MR) is 68.5 cm³/mol. The first-order valence-corrected chi connectivity index (χ1v) is 5.85. The Morgan fingerprint density at radius 1 is 1.20 bits per heavy atom. The Hall–Kier alpha value is -2.89. The highest BCUT2D eigenvalue weighted by Gasteiger charge is 2.32. The van der Waals surface area contributed by atoms with E-state index in [1.165, 1.54) is 18.2 Å². The molecule has 6 heteroatoms. The number of carbonyl (C=O) groups is 1. The number of nitro benzene ring substituents is 1. The van der Waals surface area contributed by atoms with Crippen molar-refractivity contribution in [3.05, 3.63) is 69.3 Å². The summed E-state index contributed by atoms with van der Waals surface area (Å²) in [6.45, 7) is 0. The second kappa shape index (κ2) is 4.34. The minimum Gasteiger partial charge on any atom is -0.502 e. The first-order valence-electron chi connectivity index (χ1n) is 5.85. The molecule has 0 radical (unpaired) electrons. The molecule has 1 atom stereocenters. The topological polar surface area (TPSA) is 89.7 Å². The highest BCUT2D eigenvalue weighted by atomic mass is 16.6. The van der Waals surface area contributed by atoms with Crippen molar-refractivity contribution in [2.75, 3.05) is 0 Å². The van der Waals surface area contributed by atoms with Crippen molar-refractivity contribution in [2.45, 2.75) is 6.10 Å². The van der Waals surface area contributed by atoms with E-state index in [-0.39, 0.29) is 0 Å².